The maximum atomic E-state index is 12.6. The van der Waals surface area contributed by atoms with E-state index < -0.39 is 0 Å². The van der Waals surface area contributed by atoms with Gasteiger partial charge >= 0.3 is 0 Å². The number of carbonyl (C=O) groups excluding carboxylic acids is 2. The van der Waals surface area contributed by atoms with E-state index in [0.29, 0.717) is 22.0 Å². The third-order valence-corrected chi connectivity index (χ3v) is 4.70. The smallest absolute Gasteiger partial charge is 0.251 e. The molecule has 0 bridgehead atoms. The van der Waals surface area contributed by atoms with Gasteiger partial charge in [0.15, 0.2) is 0 Å². The molecule has 29 heavy (non-hydrogen) atoms. The fourth-order valence-corrected chi connectivity index (χ4v) is 3.00. The molecule has 1 atom stereocenters. The Labute approximate surface area is 175 Å². The van der Waals surface area contributed by atoms with E-state index in [1.807, 2.05) is 37.3 Å². The summed E-state index contributed by atoms with van der Waals surface area (Å²) in [6, 6.07) is 23.7. The van der Waals surface area contributed by atoms with E-state index in [4.69, 9.17) is 11.6 Å². The Bertz CT molecular complexity index is 992. The summed E-state index contributed by atoms with van der Waals surface area (Å²) in [4.78, 5) is 24.7. The summed E-state index contributed by atoms with van der Waals surface area (Å²) in [6.45, 7) is 1.99. The molecule has 1 unspecified atom stereocenters. The number of rotatable bonds is 7. The highest BCUT2D eigenvalue weighted by Crippen LogP contribution is 2.20. The second kappa shape index (κ2) is 9.75. The number of anilines is 2. The van der Waals surface area contributed by atoms with Crippen LogP contribution in [0.15, 0.2) is 78.9 Å². The van der Waals surface area contributed by atoms with Gasteiger partial charge < -0.3 is 16.0 Å². The van der Waals surface area contributed by atoms with E-state index in [0.717, 1.165) is 5.56 Å². The predicted molar refractivity (Wildman–Crippen MR) is 117 cm³/mol. The van der Waals surface area contributed by atoms with Gasteiger partial charge in [0.2, 0.25) is 5.91 Å². The molecule has 5 nitrogen and oxygen atoms in total. The summed E-state index contributed by atoms with van der Waals surface area (Å²) < 4.78 is 0. The van der Waals surface area contributed by atoms with Gasteiger partial charge in [-0.3, -0.25) is 9.59 Å². The minimum absolute atomic E-state index is 0.0523. The Kier molecular flexibility index (Phi) is 6.87. The van der Waals surface area contributed by atoms with Gasteiger partial charge in [-0.1, -0.05) is 60.1 Å². The van der Waals surface area contributed by atoms with Gasteiger partial charge in [-0.15, -0.1) is 0 Å². The second-order valence-corrected chi connectivity index (χ2v) is 6.98. The topological polar surface area (TPSA) is 70.2 Å². The van der Waals surface area contributed by atoms with Crippen LogP contribution in [0.2, 0.25) is 5.02 Å². The molecule has 0 spiro atoms. The van der Waals surface area contributed by atoms with Gasteiger partial charge in [-0.2, -0.15) is 0 Å². The molecule has 0 aliphatic rings. The van der Waals surface area contributed by atoms with Crippen molar-refractivity contribution >= 4 is 34.8 Å². The number of hydrogen-bond acceptors (Lipinski definition) is 3. The first-order valence-electron chi connectivity index (χ1n) is 9.27. The van der Waals surface area contributed by atoms with Gasteiger partial charge in [0.1, 0.15) is 0 Å². The van der Waals surface area contributed by atoms with Crippen molar-refractivity contribution in [2.75, 3.05) is 17.2 Å². The molecule has 0 saturated carbocycles. The molecule has 0 aromatic heterocycles. The summed E-state index contributed by atoms with van der Waals surface area (Å²) in [6.07, 6.45) is 0. The fourth-order valence-electron chi connectivity index (χ4n) is 2.81. The second-order valence-electron chi connectivity index (χ2n) is 6.57. The molecule has 3 aromatic carbocycles. The SMILES string of the molecule is CC(NC(=O)c1cccc(NCC(=O)Nc2ccccc2Cl)c1)c1ccccc1. The van der Waals surface area contributed by atoms with Crippen LogP contribution in [-0.4, -0.2) is 18.4 Å². The number of para-hydroxylation sites is 1. The van der Waals surface area contributed by atoms with Gasteiger partial charge in [0.25, 0.3) is 5.91 Å². The van der Waals surface area contributed by atoms with Crippen molar-refractivity contribution in [1.29, 1.82) is 0 Å². The van der Waals surface area contributed by atoms with Gasteiger partial charge in [-0.25, -0.2) is 0 Å². The molecule has 3 rings (SSSR count). The van der Waals surface area contributed by atoms with Crippen LogP contribution in [0.3, 0.4) is 0 Å². The Morgan fingerprint density at radius 2 is 1.66 bits per heavy atom. The Balaban J connectivity index is 1.57. The van der Waals surface area contributed by atoms with Crippen LogP contribution in [0.5, 0.6) is 0 Å². The van der Waals surface area contributed by atoms with Crippen molar-refractivity contribution in [2.45, 2.75) is 13.0 Å². The molecule has 0 fully saturated rings. The van der Waals surface area contributed by atoms with E-state index in [9.17, 15) is 9.59 Å². The fraction of sp³-hybridized carbons (Fsp3) is 0.130. The first-order valence-corrected chi connectivity index (χ1v) is 9.65. The maximum Gasteiger partial charge on any atom is 0.251 e. The van der Waals surface area contributed by atoms with E-state index >= 15 is 0 Å². The number of hydrogen-bond donors (Lipinski definition) is 3. The third-order valence-electron chi connectivity index (χ3n) is 4.37. The van der Waals surface area contributed by atoms with Crippen molar-refractivity contribution < 1.29 is 9.59 Å². The number of halogens is 1. The monoisotopic (exact) mass is 407 g/mol. The quantitative estimate of drug-likeness (QED) is 0.522. The molecule has 6 heteroatoms. The van der Waals surface area contributed by atoms with Crippen LogP contribution in [-0.2, 0) is 4.79 Å². The lowest BCUT2D eigenvalue weighted by molar-refractivity contribution is -0.114. The average Bonchev–Trinajstić information content (AvgIpc) is 2.74. The molecule has 0 aliphatic carbocycles. The maximum absolute atomic E-state index is 12.6. The normalized spacial score (nSPS) is 11.4. The Hall–Kier alpha value is -3.31. The van der Waals surface area contributed by atoms with E-state index in [1.54, 1.807) is 48.5 Å². The lowest BCUT2D eigenvalue weighted by Crippen LogP contribution is -2.26. The molecule has 3 N–H and O–H groups in total. The first-order chi connectivity index (χ1) is 14.0. The molecule has 0 radical (unpaired) electrons. The predicted octanol–water partition coefficient (Wildman–Crippen LogP) is 4.88. The number of nitrogens with one attached hydrogen (secondary N) is 3. The van der Waals surface area contributed by atoms with Crippen LogP contribution in [0, 0.1) is 0 Å². The summed E-state index contributed by atoms with van der Waals surface area (Å²) in [5.74, 6) is -0.406. The zero-order valence-corrected chi connectivity index (χ0v) is 16.7. The minimum atomic E-state index is -0.231. The van der Waals surface area contributed by atoms with Gasteiger partial charge in [0, 0.05) is 11.3 Å². The lowest BCUT2D eigenvalue weighted by atomic mass is 10.1. The third kappa shape index (κ3) is 5.83. The standard InChI is InChI=1S/C23H22ClN3O2/c1-16(17-8-3-2-4-9-17)26-23(29)18-10-7-11-19(14-18)25-15-22(28)27-21-13-6-5-12-20(21)24/h2-14,16,25H,15H2,1H3,(H,26,29)(H,27,28). The molecule has 2 amide bonds. The average molecular weight is 408 g/mol. The van der Waals surface area contributed by atoms with Gasteiger partial charge in [0.05, 0.1) is 23.3 Å². The summed E-state index contributed by atoms with van der Waals surface area (Å²) >= 11 is 6.05. The van der Waals surface area contributed by atoms with E-state index in [-0.39, 0.29) is 24.4 Å². The van der Waals surface area contributed by atoms with Crippen LogP contribution in [0.4, 0.5) is 11.4 Å². The van der Waals surface area contributed by atoms with Crippen molar-refractivity contribution in [3.05, 3.63) is 95.0 Å². The van der Waals surface area contributed by atoms with Crippen LogP contribution in [0.25, 0.3) is 0 Å². The molecule has 0 aliphatic heterocycles. The zero-order valence-electron chi connectivity index (χ0n) is 16.0. The number of amides is 2. The zero-order chi connectivity index (χ0) is 20.6. The van der Waals surface area contributed by atoms with E-state index in [1.165, 1.54) is 0 Å². The molecular formula is C23H22ClN3O2. The van der Waals surface area contributed by atoms with Gasteiger partial charge in [-0.05, 0) is 42.8 Å². The first kappa shape index (κ1) is 20.4. The highest BCUT2D eigenvalue weighted by molar-refractivity contribution is 6.33. The minimum Gasteiger partial charge on any atom is -0.376 e. The molecule has 0 saturated heterocycles. The van der Waals surface area contributed by atoms with E-state index in [2.05, 4.69) is 16.0 Å². The highest BCUT2D eigenvalue weighted by Gasteiger charge is 2.12. The number of benzene rings is 3. The van der Waals surface area contributed by atoms with Crippen molar-refractivity contribution in [2.24, 2.45) is 0 Å². The summed E-state index contributed by atoms with van der Waals surface area (Å²) in [7, 11) is 0. The van der Waals surface area contributed by atoms with Crippen LogP contribution in [0.1, 0.15) is 28.9 Å². The van der Waals surface area contributed by atoms with Crippen molar-refractivity contribution in [1.82, 2.24) is 5.32 Å². The van der Waals surface area contributed by atoms with Crippen LogP contribution >= 0.6 is 11.6 Å². The summed E-state index contributed by atoms with van der Waals surface area (Å²) in [5, 5.41) is 9.24. The molecule has 148 valence electrons. The largest absolute Gasteiger partial charge is 0.376 e. The Morgan fingerprint density at radius 1 is 0.931 bits per heavy atom. The van der Waals surface area contributed by atoms with Crippen molar-refractivity contribution in [3.8, 4) is 0 Å². The highest BCUT2D eigenvalue weighted by atomic mass is 35.5. The van der Waals surface area contributed by atoms with Crippen LogP contribution < -0.4 is 16.0 Å². The Morgan fingerprint density at radius 3 is 2.41 bits per heavy atom. The molecular weight excluding hydrogens is 386 g/mol. The summed E-state index contributed by atoms with van der Waals surface area (Å²) in [5.41, 5.74) is 2.79. The molecule has 3 aromatic rings. The molecule has 0 heterocycles. The lowest BCUT2D eigenvalue weighted by Gasteiger charge is -2.15. The number of carbonyl (C=O) groups is 2. The van der Waals surface area contributed by atoms with Crippen molar-refractivity contribution in [3.63, 3.8) is 0 Å².